The molecule has 0 fully saturated rings. The van der Waals surface area contributed by atoms with E-state index in [2.05, 4.69) is 78.9 Å². The van der Waals surface area contributed by atoms with Gasteiger partial charge in [-0.15, -0.1) is 0 Å². The molecule has 3 aromatic rings. The van der Waals surface area contributed by atoms with E-state index in [1.807, 2.05) is 18.3 Å². The smallest absolute Gasteiger partial charge is 0.119 e. The summed E-state index contributed by atoms with van der Waals surface area (Å²) in [4.78, 5) is 4.64. The molecule has 3 nitrogen and oxygen atoms in total. The lowest BCUT2D eigenvalue weighted by Gasteiger charge is -2.10. The van der Waals surface area contributed by atoms with Crippen molar-refractivity contribution in [3.8, 4) is 11.4 Å². The molecule has 1 heterocycles. The number of nitrogens with zero attached hydrogens (tertiary/aromatic N) is 2. The average Bonchev–Trinajstić information content (AvgIpc) is 3.01. The first-order valence-electron chi connectivity index (χ1n) is 8.55. The van der Waals surface area contributed by atoms with Crippen LogP contribution in [0.15, 0.2) is 65.7 Å². The number of aromatic nitrogens is 1. The van der Waals surface area contributed by atoms with Crippen LogP contribution in [0.2, 0.25) is 0 Å². The molecule has 0 aliphatic rings. The van der Waals surface area contributed by atoms with E-state index in [-0.39, 0.29) is 0 Å². The predicted molar refractivity (Wildman–Crippen MR) is 105 cm³/mol. The van der Waals surface area contributed by atoms with E-state index < -0.39 is 0 Å². The normalized spacial score (nSPS) is 11.4. The number of aryl methyl sites for hydroxylation is 1. The van der Waals surface area contributed by atoms with Gasteiger partial charge in [-0.25, -0.2) is 0 Å². The van der Waals surface area contributed by atoms with Gasteiger partial charge in [-0.3, -0.25) is 4.99 Å². The number of benzene rings is 2. The molecule has 128 valence electrons. The van der Waals surface area contributed by atoms with Gasteiger partial charge in [0.1, 0.15) is 5.75 Å². The van der Waals surface area contributed by atoms with Crippen molar-refractivity contribution < 1.29 is 4.74 Å². The SMILES string of the molecule is COc1ccc(-n2c(C)ccc2C=Nc2ccc(C(C)C)cc2)cc1. The van der Waals surface area contributed by atoms with Crippen LogP contribution in [0, 0.1) is 6.92 Å². The molecule has 0 saturated heterocycles. The van der Waals surface area contributed by atoms with Crippen molar-refractivity contribution in [1.29, 1.82) is 0 Å². The Labute approximate surface area is 149 Å². The van der Waals surface area contributed by atoms with Crippen molar-refractivity contribution >= 4 is 11.9 Å². The summed E-state index contributed by atoms with van der Waals surface area (Å²) in [6.07, 6.45) is 1.92. The molecule has 0 aliphatic carbocycles. The molecular formula is C22H24N2O. The Morgan fingerprint density at radius 1 is 0.920 bits per heavy atom. The first-order valence-corrected chi connectivity index (χ1v) is 8.55. The summed E-state index contributed by atoms with van der Waals surface area (Å²) in [5.41, 5.74) is 5.61. The van der Waals surface area contributed by atoms with Crippen LogP contribution >= 0.6 is 0 Å². The highest BCUT2D eigenvalue weighted by atomic mass is 16.5. The first-order chi connectivity index (χ1) is 12.1. The van der Waals surface area contributed by atoms with E-state index in [9.17, 15) is 0 Å². The molecule has 0 amide bonds. The molecule has 0 aliphatic heterocycles. The minimum atomic E-state index is 0.535. The molecule has 0 spiro atoms. The van der Waals surface area contributed by atoms with Gasteiger partial charge >= 0.3 is 0 Å². The Balaban J connectivity index is 1.88. The molecule has 25 heavy (non-hydrogen) atoms. The van der Waals surface area contributed by atoms with Crippen LogP contribution in [0.1, 0.15) is 36.7 Å². The third kappa shape index (κ3) is 3.82. The molecule has 2 aromatic carbocycles. The fourth-order valence-electron chi connectivity index (χ4n) is 2.83. The van der Waals surface area contributed by atoms with E-state index in [4.69, 9.17) is 4.74 Å². The van der Waals surface area contributed by atoms with Crippen LogP contribution in [-0.4, -0.2) is 17.9 Å². The number of hydrogen-bond donors (Lipinski definition) is 0. The van der Waals surface area contributed by atoms with Gasteiger partial charge in [0.25, 0.3) is 0 Å². The van der Waals surface area contributed by atoms with Crippen molar-refractivity contribution in [3.05, 3.63) is 77.6 Å². The maximum atomic E-state index is 5.24. The van der Waals surface area contributed by atoms with Gasteiger partial charge in [0.05, 0.1) is 24.7 Å². The van der Waals surface area contributed by atoms with E-state index >= 15 is 0 Å². The summed E-state index contributed by atoms with van der Waals surface area (Å²) >= 11 is 0. The maximum absolute atomic E-state index is 5.24. The molecule has 0 radical (unpaired) electrons. The molecule has 0 unspecified atom stereocenters. The van der Waals surface area contributed by atoms with E-state index in [1.165, 1.54) is 11.3 Å². The lowest BCUT2D eigenvalue weighted by Crippen LogP contribution is -2.01. The minimum absolute atomic E-state index is 0.535. The van der Waals surface area contributed by atoms with Gasteiger partial charge in [-0.05, 0) is 66.9 Å². The quantitative estimate of drug-likeness (QED) is 0.553. The summed E-state index contributed by atoms with van der Waals surface area (Å²) in [6.45, 7) is 6.49. The van der Waals surface area contributed by atoms with Crippen molar-refractivity contribution in [3.63, 3.8) is 0 Å². The van der Waals surface area contributed by atoms with Crippen LogP contribution in [0.4, 0.5) is 5.69 Å². The number of rotatable bonds is 5. The fraction of sp³-hybridized carbons (Fsp3) is 0.227. The first kappa shape index (κ1) is 17.0. The van der Waals surface area contributed by atoms with Crippen molar-refractivity contribution in [2.45, 2.75) is 26.7 Å². The monoisotopic (exact) mass is 332 g/mol. The van der Waals surface area contributed by atoms with E-state index in [1.54, 1.807) is 7.11 Å². The summed E-state index contributed by atoms with van der Waals surface area (Å²) < 4.78 is 7.43. The highest BCUT2D eigenvalue weighted by Crippen LogP contribution is 2.21. The average molecular weight is 332 g/mol. The molecular weight excluding hydrogens is 308 g/mol. The van der Waals surface area contributed by atoms with Gasteiger partial charge in [0.15, 0.2) is 0 Å². The van der Waals surface area contributed by atoms with Gasteiger partial charge in [-0.1, -0.05) is 26.0 Å². The Morgan fingerprint density at radius 3 is 2.20 bits per heavy atom. The van der Waals surface area contributed by atoms with Gasteiger partial charge in [0.2, 0.25) is 0 Å². The largest absolute Gasteiger partial charge is 0.497 e. The zero-order valence-corrected chi connectivity index (χ0v) is 15.2. The Hall–Kier alpha value is -2.81. The molecule has 0 saturated carbocycles. The molecule has 3 rings (SSSR count). The maximum Gasteiger partial charge on any atom is 0.119 e. The summed E-state index contributed by atoms with van der Waals surface area (Å²) in [5, 5.41) is 0. The lowest BCUT2D eigenvalue weighted by molar-refractivity contribution is 0.414. The predicted octanol–water partition coefficient (Wildman–Crippen LogP) is 5.67. The van der Waals surface area contributed by atoms with Crippen LogP contribution in [-0.2, 0) is 0 Å². The summed E-state index contributed by atoms with van der Waals surface area (Å²) in [7, 11) is 1.68. The number of ether oxygens (including phenoxy) is 1. The van der Waals surface area contributed by atoms with Crippen LogP contribution in [0.25, 0.3) is 5.69 Å². The zero-order chi connectivity index (χ0) is 17.8. The molecule has 0 atom stereocenters. The Morgan fingerprint density at radius 2 is 1.60 bits per heavy atom. The second kappa shape index (κ2) is 7.39. The molecule has 3 heteroatoms. The van der Waals surface area contributed by atoms with E-state index in [0.717, 1.165) is 22.8 Å². The van der Waals surface area contributed by atoms with Crippen LogP contribution < -0.4 is 4.74 Å². The third-order valence-corrected chi connectivity index (χ3v) is 4.34. The number of aliphatic imine (C=N–C) groups is 1. The second-order valence-corrected chi connectivity index (χ2v) is 6.44. The number of methoxy groups -OCH3 is 1. The van der Waals surface area contributed by atoms with Crippen molar-refractivity contribution in [2.75, 3.05) is 7.11 Å². The second-order valence-electron chi connectivity index (χ2n) is 6.44. The van der Waals surface area contributed by atoms with E-state index in [0.29, 0.717) is 5.92 Å². The fourth-order valence-corrected chi connectivity index (χ4v) is 2.83. The zero-order valence-electron chi connectivity index (χ0n) is 15.2. The lowest BCUT2D eigenvalue weighted by atomic mass is 10.0. The topological polar surface area (TPSA) is 26.5 Å². The minimum Gasteiger partial charge on any atom is -0.497 e. The summed E-state index contributed by atoms with van der Waals surface area (Å²) in [6, 6.07) is 20.7. The van der Waals surface area contributed by atoms with Gasteiger partial charge in [-0.2, -0.15) is 0 Å². The molecule has 0 bridgehead atoms. The summed E-state index contributed by atoms with van der Waals surface area (Å²) in [5.74, 6) is 1.39. The van der Waals surface area contributed by atoms with Gasteiger partial charge < -0.3 is 9.30 Å². The molecule has 1 aromatic heterocycles. The van der Waals surface area contributed by atoms with Crippen molar-refractivity contribution in [1.82, 2.24) is 4.57 Å². The third-order valence-electron chi connectivity index (χ3n) is 4.34. The molecule has 0 N–H and O–H groups in total. The van der Waals surface area contributed by atoms with Crippen LogP contribution in [0.5, 0.6) is 5.75 Å². The highest BCUT2D eigenvalue weighted by Gasteiger charge is 2.06. The number of hydrogen-bond acceptors (Lipinski definition) is 2. The Bertz CT molecular complexity index is 856. The Kier molecular flexibility index (Phi) is 5.03. The van der Waals surface area contributed by atoms with Crippen LogP contribution in [0.3, 0.4) is 0 Å². The van der Waals surface area contributed by atoms with Crippen molar-refractivity contribution in [2.24, 2.45) is 4.99 Å². The van der Waals surface area contributed by atoms with Gasteiger partial charge in [0, 0.05) is 11.4 Å². The highest BCUT2D eigenvalue weighted by molar-refractivity contribution is 5.81. The standard InChI is InChI=1S/C22H24N2O/c1-16(2)18-6-8-19(9-7-18)23-15-21-10-5-17(3)24(21)20-11-13-22(25-4)14-12-20/h5-16H,1-4H3.